The van der Waals surface area contributed by atoms with E-state index in [-0.39, 0.29) is 35.6 Å². The van der Waals surface area contributed by atoms with E-state index < -0.39 is 30.3 Å². The van der Waals surface area contributed by atoms with Gasteiger partial charge in [-0.3, -0.25) is 6.08 Å². The van der Waals surface area contributed by atoms with E-state index in [0.29, 0.717) is 5.92 Å². The molecule has 0 fully saturated rings. The zero-order valence-corrected chi connectivity index (χ0v) is 38.7. The third-order valence-electron chi connectivity index (χ3n) is 8.78. The molecule has 1 atom stereocenters. The molecule has 0 saturated carbocycles. The van der Waals surface area contributed by atoms with Crippen LogP contribution in [0, 0.1) is 18.1 Å². The average Bonchev–Trinajstić information content (AvgIpc) is 3.56. The van der Waals surface area contributed by atoms with Crippen molar-refractivity contribution in [2.24, 2.45) is 5.92 Å². The van der Waals surface area contributed by atoms with Crippen LogP contribution in [0.2, 0.25) is 29.7 Å². The number of benzene rings is 4. The Morgan fingerprint density at radius 2 is 1.24 bits per heavy atom. The Labute approximate surface area is 343 Å². The molecule has 6 rings (SSSR count). The topological polar surface area (TPSA) is 0 Å². The molecule has 0 nitrogen and oxygen atoms in total. The average molecular weight is 856 g/mol. The Balaban J connectivity index is 0.000000272. The maximum atomic E-state index is 5.84. The Kier molecular flexibility index (Phi) is 17.0. The molecule has 1 unspecified atom stereocenters. The van der Waals surface area contributed by atoms with E-state index in [1.807, 2.05) is 24.3 Å². The summed E-state index contributed by atoms with van der Waals surface area (Å²) in [5.41, 5.74) is 12.6. The molecule has 0 spiro atoms. The number of hydrogen-bond acceptors (Lipinski definition) is 0. The van der Waals surface area contributed by atoms with Crippen LogP contribution >= 0.6 is 48.0 Å². The van der Waals surface area contributed by atoms with Gasteiger partial charge in [0, 0.05) is 0 Å². The predicted octanol–water partition coefficient (Wildman–Crippen LogP) is 13.8. The number of fused-ring (bicyclic) bond motifs is 3. The van der Waals surface area contributed by atoms with Gasteiger partial charge >= 0.3 is 123 Å². The molecule has 2 aliphatic carbocycles. The van der Waals surface area contributed by atoms with Crippen molar-refractivity contribution in [1.29, 1.82) is 0 Å². The summed E-state index contributed by atoms with van der Waals surface area (Å²) in [6.07, 6.45) is 6.83. The van der Waals surface area contributed by atoms with Crippen LogP contribution in [0.15, 0.2) is 95.7 Å². The van der Waals surface area contributed by atoms with Crippen LogP contribution in [0.3, 0.4) is 0 Å². The van der Waals surface area contributed by atoms with Crippen LogP contribution in [0.1, 0.15) is 88.8 Å². The molecule has 6 heteroatoms. The van der Waals surface area contributed by atoms with Gasteiger partial charge in [-0.15, -0.1) is 35.9 Å². The Morgan fingerprint density at radius 3 is 1.65 bits per heavy atom. The summed E-state index contributed by atoms with van der Waals surface area (Å²) in [5, 5.41) is 3.17. The van der Waals surface area contributed by atoms with Gasteiger partial charge in [0.2, 0.25) is 0 Å². The molecule has 0 N–H and O–H groups in total. The third kappa shape index (κ3) is 13.3. The summed E-state index contributed by atoms with van der Waals surface area (Å²) in [5.74, 6) is 0.553. The van der Waals surface area contributed by atoms with Gasteiger partial charge in [-0.05, 0) is 36.5 Å². The number of halogens is 4. The molecule has 0 radical (unpaired) electrons. The molecule has 4 aromatic rings. The van der Waals surface area contributed by atoms with Crippen molar-refractivity contribution in [2.75, 3.05) is 0 Å². The van der Waals surface area contributed by atoms with Gasteiger partial charge in [0.15, 0.2) is 0 Å². The van der Waals surface area contributed by atoms with E-state index in [4.69, 9.17) is 23.2 Å². The molecule has 4 aromatic carbocycles. The monoisotopic (exact) mass is 852 g/mol. The zero-order chi connectivity index (χ0) is 36.1. The molecule has 0 heterocycles. The van der Waals surface area contributed by atoms with Crippen LogP contribution in [0.4, 0.5) is 0 Å². The van der Waals surface area contributed by atoms with Gasteiger partial charge in [0.1, 0.15) is 0 Å². The molecule has 0 saturated heterocycles. The number of hydrogen-bond donors (Lipinski definition) is 0. The minimum atomic E-state index is -1.07. The first-order valence-electron chi connectivity index (χ1n) is 17.3. The van der Waals surface area contributed by atoms with Crippen LogP contribution < -0.4 is 0 Å². The van der Waals surface area contributed by atoms with Crippen molar-refractivity contribution < 1.29 is 22.3 Å². The van der Waals surface area contributed by atoms with Crippen molar-refractivity contribution in [1.82, 2.24) is 0 Å². The van der Waals surface area contributed by atoms with Crippen molar-refractivity contribution >= 4 is 63.5 Å². The summed E-state index contributed by atoms with van der Waals surface area (Å²) in [6.45, 7) is 25.2. The number of rotatable bonds is 3. The third-order valence-corrected chi connectivity index (χ3v) is 13.9. The SMILES string of the molecule is CC(C)(C)c1[c-]c2c(cc1)-c1ccc(C(C)(C)C)cc1C2.CC1=[C-]C(C)C=C1[Si](C)(C)C.Cl.Cl.Clc1ccc([CH]=[Zr]=[CH]c2ccc(Cl)cc2)cc1. The van der Waals surface area contributed by atoms with Crippen LogP contribution in [-0.2, 0) is 39.5 Å². The second-order valence-electron chi connectivity index (χ2n) is 16.3. The second-order valence-corrected chi connectivity index (χ2v) is 24.4. The predicted molar refractivity (Wildman–Crippen MR) is 232 cm³/mol. The van der Waals surface area contributed by atoms with Crippen molar-refractivity contribution in [2.45, 2.75) is 92.3 Å². The minimum absolute atomic E-state index is 0. The standard InChI is InChI=1S/C21H25.C10H17Si.2C7H5Cl.2ClH.Zr/c1-20(2,3)16-7-9-18-14(12-16)11-15-13-17(21(4,5)6)8-10-19(15)18;1-8-6-9(2)10(7-8)11(3,4)5;2*1-6-2-4-7(8)5-3-6;;;/h7-10,12H,11H2,1-6H3;7-8H,1-5H3;2*1-5H;2*1H;/q2*-1;;;;;. The first-order valence-corrected chi connectivity index (χ1v) is 24.4. The van der Waals surface area contributed by atoms with Crippen LogP contribution in [-0.4, -0.2) is 15.5 Å². The Morgan fingerprint density at radius 1 is 0.725 bits per heavy atom. The van der Waals surface area contributed by atoms with E-state index in [1.54, 1.807) is 5.20 Å². The molecule has 0 aliphatic heterocycles. The van der Waals surface area contributed by atoms with Gasteiger partial charge in [0.25, 0.3) is 0 Å². The van der Waals surface area contributed by atoms with E-state index in [2.05, 4.69) is 155 Å². The van der Waals surface area contributed by atoms with Gasteiger partial charge in [0.05, 0.1) is 0 Å². The van der Waals surface area contributed by atoms with Crippen LogP contribution in [0.25, 0.3) is 11.1 Å². The van der Waals surface area contributed by atoms with Crippen molar-refractivity contribution in [3.63, 3.8) is 0 Å². The van der Waals surface area contributed by atoms with Crippen LogP contribution in [0.5, 0.6) is 0 Å². The molecule has 0 aromatic heterocycles. The number of allylic oxidation sites excluding steroid dienone is 4. The first kappa shape index (κ1) is 45.5. The van der Waals surface area contributed by atoms with Crippen molar-refractivity contribution in [3.8, 4) is 11.1 Å². The zero-order valence-electron chi connectivity index (χ0n) is 32.1. The van der Waals surface area contributed by atoms with Gasteiger partial charge in [-0.25, -0.2) is 10.8 Å². The van der Waals surface area contributed by atoms with Gasteiger partial charge < -0.3 is 0 Å². The molecule has 0 amide bonds. The second kappa shape index (κ2) is 19.1. The molecule has 0 bridgehead atoms. The summed E-state index contributed by atoms with van der Waals surface area (Å²) in [7, 11) is -1.07. The summed E-state index contributed by atoms with van der Waals surface area (Å²) in [4.78, 5) is 0. The summed E-state index contributed by atoms with van der Waals surface area (Å²) in [6, 6.07) is 31.1. The molecule has 272 valence electrons. The summed E-state index contributed by atoms with van der Waals surface area (Å²) >= 11 is 11.0. The molecular weight excluding hydrogens is 802 g/mol. The molecule has 51 heavy (non-hydrogen) atoms. The Bertz CT molecular complexity index is 1780. The van der Waals surface area contributed by atoms with E-state index in [0.717, 1.165) is 16.5 Å². The van der Waals surface area contributed by atoms with E-state index >= 15 is 0 Å². The molecular formula is C45H54Cl4SiZr-2. The fraction of sp³-hybridized carbons (Fsp3) is 0.333. The van der Waals surface area contributed by atoms with Gasteiger partial charge in [-0.2, -0.15) is 29.8 Å². The van der Waals surface area contributed by atoms with E-state index in [1.165, 1.54) is 50.1 Å². The van der Waals surface area contributed by atoms with Gasteiger partial charge in [-0.1, -0.05) is 105 Å². The molecule has 2 aliphatic rings. The summed E-state index contributed by atoms with van der Waals surface area (Å²) < 4.78 is 4.66. The normalized spacial score (nSPS) is 14.3. The van der Waals surface area contributed by atoms with Crippen molar-refractivity contribution in [3.05, 3.63) is 151 Å². The first-order chi connectivity index (χ1) is 22.8. The van der Waals surface area contributed by atoms with E-state index in [9.17, 15) is 0 Å². The Hall–Kier alpha value is -1.64. The fourth-order valence-electron chi connectivity index (χ4n) is 6.03. The fourth-order valence-corrected chi connectivity index (χ4v) is 10.3. The maximum absolute atomic E-state index is 5.84. The quantitative estimate of drug-likeness (QED) is 0.125.